The van der Waals surface area contributed by atoms with E-state index in [-0.39, 0.29) is 22.4 Å². The van der Waals surface area contributed by atoms with Gasteiger partial charge in [0.1, 0.15) is 11.3 Å². The Bertz CT molecular complexity index is 1120. The Morgan fingerprint density at radius 2 is 1.45 bits per heavy atom. The first-order valence-electron chi connectivity index (χ1n) is 13.1. The van der Waals surface area contributed by atoms with E-state index in [9.17, 15) is 19.7 Å². The molecule has 38 heavy (non-hydrogen) atoms. The first kappa shape index (κ1) is 30.5. The van der Waals surface area contributed by atoms with Crippen molar-refractivity contribution in [3.05, 3.63) is 69.3 Å². The van der Waals surface area contributed by atoms with E-state index in [1.54, 1.807) is 18.2 Å². The summed E-state index contributed by atoms with van der Waals surface area (Å²) in [5.41, 5.74) is 1.07. The fourth-order valence-corrected chi connectivity index (χ4v) is 3.54. The van der Waals surface area contributed by atoms with E-state index >= 15 is 0 Å². The highest BCUT2D eigenvalue weighted by Crippen LogP contribution is 2.34. The molecular formula is C30H41N3O5. The van der Waals surface area contributed by atoms with Gasteiger partial charge in [0.15, 0.2) is 0 Å². The second-order valence-corrected chi connectivity index (χ2v) is 11.3. The van der Waals surface area contributed by atoms with Crippen LogP contribution in [0.1, 0.15) is 72.4 Å². The maximum atomic E-state index is 12.9. The number of hydrogen-bond acceptors (Lipinski definition) is 5. The molecule has 0 aromatic heterocycles. The molecular weight excluding hydrogens is 482 g/mol. The third-order valence-corrected chi connectivity index (χ3v) is 5.94. The molecule has 0 fully saturated rings. The van der Waals surface area contributed by atoms with Gasteiger partial charge in [-0.25, -0.2) is 0 Å². The largest absolute Gasteiger partial charge is 0.450 e. The Morgan fingerprint density at radius 3 is 1.89 bits per heavy atom. The zero-order chi connectivity index (χ0) is 28.5. The molecule has 0 aliphatic heterocycles. The fourth-order valence-electron chi connectivity index (χ4n) is 3.54. The van der Waals surface area contributed by atoms with Crippen molar-refractivity contribution >= 4 is 23.6 Å². The first-order chi connectivity index (χ1) is 17.8. The predicted molar refractivity (Wildman–Crippen MR) is 151 cm³/mol. The summed E-state index contributed by atoms with van der Waals surface area (Å²) in [6.07, 6.45) is 2.91. The van der Waals surface area contributed by atoms with Gasteiger partial charge in [0.25, 0.3) is 11.8 Å². The molecule has 2 amide bonds. The number of nitro benzene ring substituents is 1. The van der Waals surface area contributed by atoms with Gasteiger partial charge in [-0.15, -0.1) is 0 Å². The number of hydrogen-bond donors (Lipinski definition) is 2. The van der Waals surface area contributed by atoms with E-state index in [1.165, 1.54) is 18.2 Å². The smallest absolute Gasteiger partial charge is 0.312 e. The third-order valence-electron chi connectivity index (χ3n) is 5.94. The molecule has 8 nitrogen and oxygen atoms in total. The van der Waals surface area contributed by atoms with Crippen LogP contribution in [0.2, 0.25) is 0 Å². The van der Waals surface area contributed by atoms with Crippen molar-refractivity contribution in [2.24, 2.45) is 11.8 Å². The maximum Gasteiger partial charge on any atom is 0.312 e. The molecule has 2 rings (SSSR count). The molecule has 8 heteroatoms. The summed E-state index contributed by atoms with van der Waals surface area (Å²) in [5, 5.41) is 17.4. The van der Waals surface area contributed by atoms with Crippen molar-refractivity contribution in [3.8, 4) is 11.5 Å². The molecule has 0 aliphatic rings. The Kier molecular flexibility index (Phi) is 11.0. The van der Waals surface area contributed by atoms with Gasteiger partial charge in [-0.1, -0.05) is 66.7 Å². The number of nitrogens with one attached hydrogen (secondary N) is 2. The Morgan fingerprint density at radius 1 is 0.921 bits per heavy atom. The average Bonchev–Trinajstić information content (AvgIpc) is 2.82. The summed E-state index contributed by atoms with van der Waals surface area (Å²) in [6, 6.07) is 11.8. The third kappa shape index (κ3) is 9.65. The topological polar surface area (TPSA) is 111 Å². The van der Waals surface area contributed by atoms with Crippen LogP contribution in [-0.2, 0) is 15.0 Å². The lowest BCUT2D eigenvalue weighted by Gasteiger charge is -2.19. The summed E-state index contributed by atoms with van der Waals surface area (Å²) in [5.74, 6) is 0.285. The lowest BCUT2D eigenvalue weighted by molar-refractivity contribution is -0.385. The molecule has 0 spiro atoms. The van der Waals surface area contributed by atoms with Gasteiger partial charge < -0.3 is 15.4 Å². The summed E-state index contributed by atoms with van der Waals surface area (Å²) in [4.78, 5) is 37.1. The van der Waals surface area contributed by atoms with Crippen LogP contribution in [0.5, 0.6) is 11.5 Å². The number of nitrogens with zero attached hydrogens (tertiary/aromatic N) is 1. The highest BCUT2D eigenvalue weighted by Gasteiger charge is 2.21. The highest BCUT2D eigenvalue weighted by atomic mass is 16.6. The molecule has 0 heterocycles. The normalized spacial score (nSPS) is 11.3. The number of ether oxygens (including phenoxy) is 1. The van der Waals surface area contributed by atoms with E-state index in [0.717, 1.165) is 18.4 Å². The average molecular weight is 524 g/mol. The Labute approximate surface area is 226 Å². The van der Waals surface area contributed by atoms with Crippen LogP contribution in [0, 0.1) is 22.0 Å². The Balaban J connectivity index is 2.34. The molecule has 0 atom stereocenters. The highest BCUT2D eigenvalue weighted by molar-refractivity contribution is 6.21. The van der Waals surface area contributed by atoms with Gasteiger partial charge in [-0.05, 0) is 65.5 Å². The SMILES string of the molecule is CC(C)CCNC(=O)C(=Cc1ccc(Oc2ccc(C(C)(C)C)cc2)c([N+](=O)[O-])c1)C(=O)NCCC(C)C. The van der Waals surface area contributed by atoms with Crippen LogP contribution in [0.3, 0.4) is 0 Å². The number of rotatable bonds is 12. The second-order valence-electron chi connectivity index (χ2n) is 11.3. The first-order valence-corrected chi connectivity index (χ1v) is 13.1. The van der Waals surface area contributed by atoms with Crippen molar-refractivity contribution in [2.75, 3.05) is 13.1 Å². The van der Waals surface area contributed by atoms with E-state index in [2.05, 4.69) is 31.4 Å². The molecule has 2 aromatic rings. The second kappa shape index (κ2) is 13.7. The molecule has 0 bridgehead atoms. The summed E-state index contributed by atoms with van der Waals surface area (Å²) < 4.78 is 5.82. The van der Waals surface area contributed by atoms with Crippen molar-refractivity contribution in [2.45, 2.75) is 66.7 Å². The molecule has 0 saturated carbocycles. The van der Waals surface area contributed by atoms with Gasteiger partial charge in [0.2, 0.25) is 5.75 Å². The number of carbonyl (C=O) groups is 2. The van der Waals surface area contributed by atoms with Crippen molar-refractivity contribution < 1.29 is 19.2 Å². The van der Waals surface area contributed by atoms with E-state index in [4.69, 9.17) is 4.74 Å². The predicted octanol–water partition coefficient (Wildman–Crippen LogP) is 6.39. The lowest BCUT2D eigenvalue weighted by atomic mass is 9.87. The molecule has 0 aliphatic carbocycles. The van der Waals surface area contributed by atoms with Gasteiger partial charge in [0.05, 0.1) is 4.92 Å². The van der Waals surface area contributed by atoms with Crippen LogP contribution in [0.15, 0.2) is 48.0 Å². The van der Waals surface area contributed by atoms with Crippen LogP contribution >= 0.6 is 0 Å². The molecule has 0 radical (unpaired) electrons. The minimum Gasteiger partial charge on any atom is -0.450 e. The zero-order valence-corrected chi connectivity index (χ0v) is 23.6. The van der Waals surface area contributed by atoms with Gasteiger partial charge in [-0.2, -0.15) is 0 Å². The van der Waals surface area contributed by atoms with Gasteiger partial charge in [-0.3, -0.25) is 19.7 Å². The summed E-state index contributed by atoms with van der Waals surface area (Å²) >= 11 is 0. The van der Waals surface area contributed by atoms with Crippen LogP contribution in [0.25, 0.3) is 6.08 Å². The van der Waals surface area contributed by atoms with E-state index in [1.807, 2.05) is 39.8 Å². The molecule has 0 unspecified atom stereocenters. The summed E-state index contributed by atoms with van der Waals surface area (Å²) in [7, 11) is 0. The number of carbonyl (C=O) groups excluding carboxylic acids is 2. The van der Waals surface area contributed by atoms with Gasteiger partial charge >= 0.3 is 5.69 Å². The number of nitro groups is 1. The minimum atomic E-state index is -0.540. The van der Waals surface area contributed by atoms with E-state index < -0.39 is 16.7 Å². The van der Waals surface area contributed by atoms with Crippen molar-refractivity contribution in [1.82, 2.24) is 10.6 Å². The van der Waals surface area contributed by atoms with Crippen LogP contribution < -0.4 is 15.4 Å². The van der Waals surface area contributed by atoms with Gasteiger partial charge in [0, 0.05) is 19.2 Å². The quantitative estimate of drug-likeness (QED) is 0.110. The fraction of sp³-hybridized carbons (Fsp3) is 0.467. The maximum absolute atomic E-state index is 12.9. The molecule has 2 N–H and O–H groups in total. The summed E-state index contributed by atoms with van der Waals surface area (Å²) in [6.45, 7) is 15.3. The Hall–Kier alpha value is -3.68. The number of amides is 2. The van der Waals surface area contributed by atoms with E-state index in [0.29, 0.717) is 36.2 Å². The molecule has 2 aromatic carbocycles. The van der Waals surface area contributed by atoms with Crippen molar-refractivity contribution in [3.63, 3.8) is 0 Å². The minimum absolute atomic E-state index is 0.0294. The van der Waals surface area contributed by atoms with Crippen molar-refractivity contribution in [1.29, 1.82) is 0 Å². The lowest BCUT2D eigenvalue weighted by Crippen LogP contribution is -2.36. The standard InChI is InChI=1S/C30H41N3O5/c1-20(2)14-16-31-28(34)25(29(35)32-17-15-21(3)4)18-22-8-13-27(26(19-22)33(36)37)38-24-11-9-23(10-12-24)30(5,6)7/h8-13,18-21H,14-17H2,1-7H3,(H,31,34)(H,32,35). The molecule has 0 saturated heterocycles. The van der Waals surface area contributed by atoms with Crippen LogP contribution in [0.4, 0.5) is 5.69 Å². The zero-order valence-electron chi connectivity index (χ0n) is 23.6. The monoisotopic (exact) mass is 523 g/mol. The molecule has 206 valence electrons. The number of benzene rings is 2. The van der Waals surface area contributed by atoms with Crippen LogP contribution in [-0.4, -0.2) is 29.8 Å².